The Kier molecular flexibility index (Phi) is 6.02. The van der Waals surface area contributed by atoms with Gasteiger partial charge in [-0.25, -0.2) is 9.37 Å². The molecule has 2 amide bonds. The Hall–Kier alpha value is -3.26. The van der Waals surface area contributed by atoms with E-state index in [2.05, 4.69) is 6.92 Å². The van der Waals surface area contributed by atoms with Crippen molar-refractivity contribution in [3.05, 3.63) is 53.5 Å². The molecule has 7 nitrogen and oxygen atoms in total. The van der Waals surface area contributed by atoms with Crippen LogP contribution in [0.4, 0.5) is 4.39 Å². The van der Waals surface area contributed by atoms with Crippen LogP contribution in [0.5, 0.6) is 0 Å². The van der Waals surface area contributed by atoms with Crippen LogP contribution in [0.25, 0.3) is 22.4 Å². The number of hydrogen-bond donors (Lipinski definition) is 0. The molecule has 1 aliphatic carbocycles. The van der Waals surface area contributed by atoms with Crippen molar-refractivity contribution >= 4 is 22.9 Å². The molecule has 0 unspecified atom stereocenters. The number of nitrogens with zero attached hydrogens (tertiary/aromatic N) is 3. The zero-order valence-electron chi connectivity index (χ0n) is 21.3. The SMILES string of the molecule is C[C@H]1CN(C(=O)c2cc3nc(-c4ccc(F)cc4)cc(C4(C)CC4)c3o2)CCN1C(=O)C1CCOCC1. The normalized spacial score (nSPS) is 21.9. The fourth-order valence-electron chi connectivity index (χ4n) is 5.61. The Morgan fingerprint density at radius 1 is 1.08 bits per heavy atom. The van der Waals surface area contributed by atoms with Gasteiger partial charge in [0.2, 0.25) is 5.91 Å². The van der Waals surface area contributed by atoms with Crippen molar-refractivity contribution in [3.8, 4) is 11.3 Å². The lowest BCUT2D eigenvalue weighted by atomic mass is 9.96. The maximum Gasteiger partial charge on any atom is 0.289 e. The molecule has 2 aliphatic heterocycles. The second-order valence-electron chi connectivity index (χ2n) is 11.0. The number of hydrogen-bond acceptors (Lipinski definition) is 5. The number of piperazine rings is 1. The number of carbonyl (C=O) groups excluding carboxylic acids is 2. The molecule has 3 aromatic rings. The zero-order valence-corrected chi connectivity index (χ0v) is 21.3. The van der Waals surface area contributed by atoms with Crippen LogP contribution in [0.1, 0.15) is 55.6 Å². The largest absolute Gasteiger partial charge is 0.449 e. The number of aromatic nitrogens is 1. The fraction of sp³-hybridized carbons (Fsp3) is 0.483. The van der Waals surface area contributed by atoms with Gasteiger partial charge in [0, 0.05) is 62.0 Å². The van der Waals surface area contributed by atoms with Crippen molar-refractivity contribution in [2.45, 2.75) is 51.0 Å². The maximum atomic E-state index is 13.5. The van der Waals surface area contributed by atoms with Crippen molar-refractivity contribution in [3.63, 3.8) is 0 Å². The van der Waals surface area contributed by atoms with E-state index in [1.807, 2.05) is 17.9 Å². The molecule has 0 radical (unpaired) electrons. The third kappa shape index (κ3) is 4.52. The van der Waals surface area contributed by atoms with Gasteiger partial charge in [0.1, 0.15) is 11.3 Å². The summed E-state index contributed by atoms with van der Waals surface area (Å²) in [6.45, 7) is 6.90. The molecule has 0 bridgehead atoms. The van der Waals surface area contributed by atoms with E-state index in [0.29, 0.717) is 43.9 Å². The number of pyridine rings is 1. The van der Waals surface area contributed by atoms with E-state index in [1.54, 1.807) is 23.1 Å². The Morgan fingerprint density at radius 2 is 1.81 bits per heavy atom. The second-order valence-corrected chi connectivity index (χ2v) is 11.0. The van der Waals surface area contributed by atoms with E-state index in [0.717, 1.165) is 42.5 Å². The van der Waals surface area contributed by atoms with Crippen molar-refractivity contribution < 1.29 is 23.1 Å². The molecule has 8 heteroatoms. The molecule has 1 saturated carbocycles. The van der Waals surface area contributed by atoms with E-state index >= 15 is 0 Å². The quantitative estimate of drug-likeness (QED) is 0.510. The molecule has 2 aromatic heterocycles. The number of benzene rings is 1. The first-order chi connectivity index (χ1) is 17.8. The van der Waals surface area contributed by atoms with E-state index < -0.39 is 0 Å². The number of furan rings is 1. The van der Waals surface area contributed by atoms with E-state index in [1.165, 1.54) is 12.1 Å². The lowest BCUT2D eigenvalue weighted by Crippen LogP contribution is -2.56. The summed E-state index contributed by atoms with van der Waals surface area (Å²) < 4.78 is 25.1. The minimum Gasteiger partial charge on any atom is -0.449 e. The predicted octanol–water partition coefficient (Wildman–Crippen LogP) is 4.78. The van der Waals surface area contributed by atoms with Gasteiger partial charge in [-0.3, -0.25) is 9.59 Å². The number of carbonyl (C=O) groups is 2. The van der Waals surface area contributed by atoms with Gasteiger partial charge in [-0.05, 0) is 68.4 Å². The smallest absolute Gasteiger partial charge is 0.289 e. The Morgan fingerprint density at radius 3 is 2.49 bits per heavy atom. The number of amides is 2. The molecule has 0 spiro atoms. The van der Waals surface area contributed by atoms with Gasteiger partial charge in [0.25, 0.3) is 5.91 Å². The highest BCUT2D eigenvalue weighted by molar-refractivity contribution is 5.96. The number of ether oxygens (including phenoxy) is 1. The summed E-state index contributed by atoms with van der Waals surface area (Å²) in [4.78, 5) is 35.0. The summed E-state index contributed by atoms with van der Waals surface area (Å²) in [5, 5.41) is 0. The van der Waals surface area contributed by atoms with Crippen LogP contribution in [0.15, 0.2) is 40.8 Å². The van der Waals surface area contributed by atoms with Crippen LogP contribution in [0.2, 0.25) is 0 Å². The highest BCUT2D eigenvalue weighted by atomic mass is 19.1. The van der Waals surface area contributed by atoms with Crippen molar-refractivity contribution in [1.82, 2.24) is 14.8 Å². The average molecular weight is 506 g/mol. The van der Waals surface area contributed by atoms with Crippen molar-refractivity contribution in [2.75, 3.05) is 32.8 Å². The molecule has 3 aliphatic rings. The van der Waals surface area contributed by atoms with Crippen LogP contribution in [0.3, 0.4) is 0 Å². The standard InChI is InChI=1S/C29H32FN3O4/c1-18-17-32(11-12-33(18)27(34)20-7-13-36-14-8-20)28(35)25-16-24-26(37-25)22(29(2)9-10-29)15-23(31-24)19-3-5-21(30)6-4-19/h3-6,15-16,18,20H,7-14,17H2,1-2H3/t18-/m0/s1. The van der Waals surface area contributed by atoms with E-state index in [4.69, 9.17) is 14.1 Å². The van der Waals surface area contributed by atoms with Gasteiger partial charge >= 0.3 is 0 Å². The molecule has 1 aromatic carbocycles. The summed E-state index contributed by atoms with van der Waals surface area (Å²) >= 11 is 0. The first kappa shape index (κ1) is 24.1. The van der Waals surface area contributed by atoms with Gasteiger partial charge in [0.15, 0.2) is 11.3 Å². The van der Waals surface area contributed by atoms with Crippen LogP contribution in [0, 0.1) is 11.7 Å². The zero-order chi connectivity index (χ0) is 25.7. The first-order valence-corrected chi connectivity index (χ1v) is 13.2. The van der Waals surface area contributed by atoms with Crippen molar-refractivity contribution in [2.24, 2.45) is 5.92 Å². The second kappa shape index (κ2) is 9.24. The predicted molar refractivity (Wildman–Crippen MR) is 137 cm³/mol. The Labute approximate surface area is 215 Å². The molecule has 3 fully saturated rings. The lowest BCUT2D eigenvalue weighted by molar-refractivity contribution is -0.142. The molecule has 0 N–H and O–H groups in total. The van der Waals surface area contributed by atoms with Gasteiger partial charge in [-0.15, -0.1) is 0 Å². The van der Waals surface area contributed by atoms with Gasteiger partial charge in [0.05, 0.1) is 5.69 Å². The van der Waals surface area contributed by atoms with Gasteiger partial charge < -0.3 is 19.0 Å². The highest BCUT2D eigenvalue weighted by Gasteiger charge is 2.42. The molecular weight excluding hydrogens is 473 g/mol. The van der Waals surface area contributed by atoms with Crippen LogP contribution in [-0.4, -0.2) is 65.5 Å². The third-order valence-electron chi connectivity index (χ3n) is 8.25. The van der Waals surface area contributed by atoms with E-state index in [-0.39, 0.29) is 40.8 Å². The third-order valence-corrected chi connectivity index (χ3v) is 8.25. The topological polar surface area (TPSA) is 75.9 Å². The molecule has 37 heavy (non-hydrogen) atoms. The first-order valence-electron chi connectivity index (χ1n) is 13.2. The molecule has 2 saturated heterocycles. The monoisotopic (exact) mass is 505 g/mol. The Bertz CT molecular complexity index is 1340. The molecular formula is C29H32FN3O4. The highest BCUT2D eigenvalue weighted by Crippen LogP contribution is 2.50. The Balaban J connectivity index is 1.25. The van der Waals surface area contributed by atoms with Crippen molar-refractivity contribution in [1.29, 1.82) is 0 Å². The average Bonchev–Trinajstić information content (AvgIpc) is 3.51. The van der Waals surface area contributed by atoms with Crippen LogP contribution >= 0.6 is 0 Å². The lowest BCUT2D eigenvalue weighted by Gasteiger charge is -2.41. The van der Waals surface area contributed by atoms with Crippen LogP contribution in [-0.2, 0) is 14.9 Å². The summed E-state index contributed by atoms with van der Waals surface area (Å²) in [7, 11) is 0. The van der Waals surface area contributed by atoms with Crippen LogP contribution < -0.4 is 0 Å². The maximum absolute atomic E-state index is 13.5. The number of fused-ring (bicyclic) bond motifs is 1. The fourth-order valence-corrected chi connectivity index (χ4v) is 5.61. The summed E-state index contributed by atoms with van der Waals surface area (Å²) in [6, 6.07) is 9.97. The van der Waals surface area contributed by atoms with E-state index in [9.17, 15) is 14.0 Å². The van der Waals surface area contributed by atoms with Gasteiger partial charge in [-0.2, -0.15) is 0 Å². The number of halogens is 1. The summed E-state index contributed by atoms with van der Waals surface area (Å²) in [5.41, 5.74) is 3.87. The molecule has 4 heterocycles. The molecule has 6 rings (SSSR count). The molecule has 194 valence electrons. The minimum absolute atomic E-state index is 0.0115. The molecule has 1 atom stereocenters. The van der Waals surface area contributed by atoms with Gasteiger partial charge in [-0.1, -0.05) is 6.92 Å². The number of rotatable bonds is 4. The summed E-state index contributed by atoms with van der Waals surface area (Å²) in [5.74, 6) is -0.0259. The minimum atomic E-state index is -0.292. The summed E-state index contributed by atoms with van der Waals surface area (Å²) in [6.07, 6.45) is 3.61.